The van der Waals surface area contributed by atoms with E-state index in [2.05, 4.69) is 58.9 Å². The molecule has 0 amide bonds. The molecule has 0 fully saturated rings. The summed E-state index contributed by atoms with van der Waals surface area (Å²) in [7, 11) is -9.20. The number of nitrogens with one attached hydrogen (secondary N) is 1. The maximum absolute atomic E-state index is 13.0. The lowest BCUT2D eigenvalue weighted by atomic mass is 10.1. The van der Waals surface area contributed by atoms with Gasteiger partial charge in [-0.2, -0.15) is 17.9 Å². The van der Waals surface area contributed by atoms with Gasteiger partial charge in [-0.1, -0.05) is 34.3 Å². The zero-order valence-electron chi connectivity index (χ0n) is 33.6. The first-order chi connectivity index (χ1) is 31.6. The topological polar surface area (TPSA) is 369 Å². The number of carboxylic acids is 1. The van der Waals surface area contributed by atoms with Gasteiger partial charge in [-0.3, -0.25) is 4.55 Å². The van der Waals surface area contributed by atoms with Crippen LogP contribution in [0.3, 0.4) is 0 Å². The van der Waals surface area contributed by atoms with Crippen molar-refractivity contribution >= 4 is 114 Å². The average Bonchev–Trinajstić information content (AvgIpc) is 3.28. The lowest BCUT2D eigenvalue weighted by Gasteiger charge is -2.13. The number of carboxylic acid groups (broad SMARTS) is 1. The van der Waals surface area contributed by atoms with Crippen LogP contribution in [0, 0.1) is 6.92 Å². The van der Waals surface area contributed by atoms with Gasteiger partial charge in [0.1, 0.15) is 40.6 Å². The molecule has 0 heterocycles. The molecule has 30 heteroatoms. The molecule has 5 aromatic rings. The summed E-state index contributed by atoms with van der Waals surface area (Å²) in [6.07, 6.45) is 0. The van der Waals surface area contributed by atoms with Crippen LogP contribution in [-0.2, 0) is 52.4 Å². The van der Waals surface area contributed by atoms with Crippen LogP contribution >= 0.6 is 36.1 Å². The van der Waals surface area contributed by atoms with Gasteiger partial charge in [0.2, 0.25) is 0 Å². The maximum Gasteiger partial charge on any atom is 0.397 e. The Bertz CT molecular complexity index is 2790. The first-order valence-corrected chi connectivity index (χ1v) is 23.3. The molecule has 0 unspecified atom stereocenters. The van der Waals surface area contributed by atoms with Gasteiger partial charge >= 0.3 is 16.4 Å². The van der Waals surface area contributed by atoms with Gasteiger partial charge in [0.25, 0.3) is 0 Å². The summed E-state index contributed by atoms with van der Waals surface area (Å²) in [5.74, 6) is -2.50. The average molecular weight is 1010 g/mol. The molecule has 66 heavy (non-hydrogen) atoms. The minimum atomic E-state index is -4.93. The molecule has 25 nitrogen and oxygen atoms in total. The van der Waals surface area contributed by atoms with E-state index in [1.807, 2.05) is 30.3 Å². The molecule has 350 valence electrons. The Morgan fingerprint density at radius 3 is 1.89 bits per heavy atom. The number of anilines is 3. The molecular weight excluding hydrogens is 975 g/mol. The van der Waals surface area contributed by atoms with Crippen LogP contribution in [0.2, 0.25) is 0 Å². The van der Waals surface area contributed by atoms with Gasteiger partial charge in [-0.25, -0.2) is 32.8 Å². The van der Waals surface area contributed by atoms with Crippen molar-refractivity contribution in [3.05, 3.63) is 102 Å². The second kappa shape index (κ2) is 24.7. The number of azo groups is 3. The Hall–Kier alpha value is -5.68. The Morgan fingerprint density at radius 2 is 1.29 bits per heavy atom. The van der Waals surface area contributed by atoms with Crippen molar-refractivity contribution in [1.82, 2.24) is 0 Å². The molecule has 0 aliphatic carbocycles. The van der Waals surface area contributed by atoms with Crippen LogP contribution < -0.4 is 16.8 Å². The zero-order chi connectivity index (χ0) is 47.7. The normalized spacial score (nSPS) is 12.2. The number of aryl methyl sites for hydroxylation is 1. The first-order valence-electron chi connectivity index (χ1n) is 18.1. The van der Waals surface area contributed by atoms with Crippen LogP contribution in [0.4, 0.5) is 51.2 Å². The third kappa shape index (κ3) is 15.2. The number of rotatable bonds is 25. The Balaban J connectivity index is 1.50. The van der Waals surface area contributed by atoms with E-state index in [4.69, 9.17) is 35.8 Å². The second-order valence-corrected chi connectivity index (χ2v) is 18.0. The van der Waals surface area contributed by atoms with Crippen molar-refractivity contribution < 1.29 is 74.0 Å². The summed E-state index contributed by atoms with van der Waals surface area (Å²) in [6, 6.07) is 23.8. The number of hydrogen-bond acceptors (Lipinski definition) is 26. The van der Waals surface area contributed by atoms with Crippen LogP contribution in [0.25, 0.3) is 0 Å². The molecule has 0 spiro atoms. The molecule has 0 saturated heterocycles. The second-order valence-electron chi connectivity index (χ2n) is 12.5. The predicted octanol–water partition coefficient (Wildman–Crippen LogP) is 9.62. The minimum Gasteiger partial charge on any atom is -0.478 e. The number of nitrogen functional groups attached to an aromatic ring is 2. The molecule has 0 aliphatic heterocycles. The number of sulfone groups is 1. The van der Waals surface area contributed by atoms with E-state index in [1.54, 1.807) is 43.3 Å². The van der Waals surface area contributed by atoms with Gasteiger partial charge in [0.05, 0.1) is 80.2 Å². The van der Waals surface area contributed by atoms with Crippen molar-refractivity contribution in [2.75, 3.05) is 42.3 Å². The van der Waals surface area contributed by atoms with E-state index in [1.165, 1.54) is 6.07 Å². The van der Waals surface area contributed by atoms with E-state index in [0.29, 0.717) is 23.5 Å². The molecular formula is C36H35N9O16S5. The predicted molar refractivity (Wildman–Crippen MR) is 238 cm³/mol. The summed E-state index contributed by atoms with van der Waals surface area (Å²) in [5.41, 5.74) is 11.8. The quantitative estimate of drug-likeness (QED) is 0.00543. The summed E-state index contributed by atoms with van der Waals surface area (Å²) in [4.78, 5) is 18.5. The highest BCUT2D eigenvalue weighted by atomic mass is 32.3. The van der Waals surface area contributed by atoms with Crippen molar-refractivity contribution in [2.45, 2.75) is 26.5 Å². The van der Waals surface area contributed by atoms with E-state index in [-0.39, 0.29) is 45.5 Å². The SMILES string of the molecule is Cc1ccc(N=Nc2c(N)c(/N=N\c3ccc(S(=O)(=O)CCOS(=O)(=O)O)cc3SOOO)c(N)c(N=Nc3ccc(SOOCCNc4ccccc4)cc3)c2C(=O)O)c(SOOO)c1. The highest BCUT2D eigenvalue weighted by Crippen LogP contribution is 2.50. The van der Waals surface area contributed by atoms with Crippen molar-refractivity contribution in [2.24, 2.45) is 30.7 Å². The lowest BCUT2D eigenvalue weighted by Crippen LogP contribution is -2.15. The van der Waals surface area contributed by atoms with Gasteiger partial charge < -0.3 is 21.9 Å². The molecule has 0 aliphatic rings. The van der Waals surface area contributed by atoms with E-state index >= 15 is 0 Å². The van der Waals surface area contributed by atoms with Crippen LogP contribution in [0.15, 0.2) is 141 Å². The van der Waals surface area contributed by atoms with Crippen LogP contribution in [-0.4, -0.2) is 68.5 Å². The third-order valence-electron chi connectivity index (χ3n) is 8.09. The molecule has 0 aromatic heterocycles. The number of nitrogens with zero attached hydrogens (tertiary/aromatic N) is 6. The zero-order valence-corrected chi connectivity index (χ0v) is 37.6. The highest BCUT2D eigenvalue weighted by Gasteiger charge is 2.27. The Morgan fingerprint density at radius 1 is 0.697 bits per heavy atom. The molecule has 0 radical (unpaired) electrons. The Labute approximate surface area is 387 Å². The van der Waals surface area contributed by atoms with E-state index in [9.17, 15) is 26.7 Å². The largest absolute Gasteiger partial charge is 0.478 e. The molecule has 0 saturated carbocycles. The van der Waals surface area contributed by atoms with Gasteiger partial charge in [0, 0.05) is 17.1 Å². The summed E-state index contributed by atoms with van der Waals surface area (Å²) in [6.45, 7) is 1.56. The molecule has 9 N–H and O–H groups in total. The number of carbonyl (C=O) groups is 1. The number of aromatic carboxylic acids is 1. The first kappa shape index (κ1) is 51.3. The maximum atomic E-state index is 13.0. The summed E-state index contributed by atoms with van der Waals surface area (Å²) in [5, 5.41) is 63.4. The number of hydrogen-bond donors (Lipinski definition) is 7. The summed E-state index contributed by atoms with van der Waals surface area (Å²) >= 11 is 1.75. The fourth-order valence-electron chi connectivity index (χ4n) is 5.12. The molecule has 0 atom stereocenters. The van der Waals surface area contributed by atoms with E-state index < -0.39 is 77.5 Å². The summed E-state index contributed by atoms with van der Waals surface area (Å²) < 4.78 is 74.9. The van der Waals surface area contributed by atoms with E-state index in [0.717, 1.165) is 41.5 Å². The van der Waals surface area contributed by atoms with Crippen molar-refractivity contribution in [1.29, 1.82) is 0 Å². The smallest absolute Gasteiger partial charge is 0.397 e. The van der Waals surface area contributed by atoms with Crippen LogP contribution in [0.1, 0.15) is 15.9 Å². The number of para-hydroxylation sites is 1. The van der Waals surface area contributed by atoms with Crippen molar-refractivity contribution in [3.8, 4) is 0 Å². The molecule has 5 rings (SSSR count). The fourth-order valence-corrected chi connectivity index (χ4v) is 8.15. The lowest BCUT2D eigenvalue weighted by molar-refractivity contribution is -0.432. The molecule has 5 aromatic carbocycles. The van der Waals surface area contributed by atoms with Gasteiger partial charge in [0.15, 0.2) is 9.84 Å². The Kier molecular flexibility index (Phi) is 19.2. The minimum absolute atomic E-state index is 0.102. The highest BCUT2D eigenvalue weighted by molar-refractivity contribution is 7.95. The third-order valence-corrected chi connectivity index (χ3v) is 12.1. The van der Waals surface area contributed by atoms with Crippen LogP contribution in [0.5, 0.6) is 0 Å². The molecule has 0 bridgehead atoms. The van der Waals surface area contributed by atoms with Crippen molar-refractivity contribution in [3.63, 3.8) is 0 Å². The number of nitrogens with two attached hydrogens (primary N) is 2. The standard InChI is InChI=1S/C36H35N9O16S5/c1-21-7-13-26(28(19-21)63-60-57-48)41-44-34-30(36(46)47)33(43-40-23-8-10-24(11-9-23)62-59-55-16-15-39-22-5-3-2-4-6-22)31(37)35(32(34)38)45-42-27-14-12-25(20-29(27)64-61-58-49)65(50,51)18-17-56-66(52,53)54/h2-14,19-20,39,48-49H,15-18,37-38H2,1H3,(H,46,47)(H,52,53,54)/b43-40?,44-41?,45-42-. The number of benzene rings is 5. The van der Waals surface area contributed by atoms with Gasteiger partial charge in [-0.15, -0.1) is 34.2 Å². The fraction of sp³-hybridized carbons (Fsp3) is 0.139. The monoisotopic (exact) mass is 1010 g/mol. The van der Waals surface area contributed by atoms with Gasteiger partial charge in [-0.05, 0) is 79.2 Å².